The first kappa shape index (κ1) is 18.1. The fourth-order valence-electron chi connectivity index (χ4n) is 3.22. The molecule has 0 spiro atoms. The smallest absolute Gasteiger partial charge is 0.332 e. The van der Waals surface area contributed by atoms with Crippen LogP contribution in [-0.4, -0.2) is 34.4 Å². The topological polar surface area (TPSA) is 104 Å². The molecule has 1 N–H and O–H groups in total. The number of hydrogen-bond acceptors (Lipinski definition) is 6. The molecule has 0 atom stereocenters. The minimum Gasteiger partial charge on any atom is -0.494 e. The van der Waals surface area contributed by atoms with E-state index < -0.39 is 16.8 Å². The summed E-state index contributed by atoms with van der Waals surface area (Å²) in [5, 5.41) is 10.6. The highest BCUT2D eigenvalue weighted by molar-refractivity contribution is 7.98. The van der Waals surface area contributed by atoms with Crippen LogP contribution in [0.1, 0.15) is 5.56 Å². The number of imidazole rings is 1. The van der Waals surface area contributed by atoms with E-state index in [1.165, 1.54) is 34.6 Å². The average Bonchev–Trinajstić information content (AvgIpc) is 3.10. The summed E-state index contributed by atoms with van der Waals surface area (Å²) in [6.45, 7) is 1.47. The number of aromatic nitrogens is 5. The number of aromatic hydroxyl groups is 1. The number of fused-ring (bicyclic) bond motifs is 3. The fraction of sp³-hybridized carbons (Fsp3) is 0.222. The van der Waals surface area contributed by atoms with Crippen molar-refractivity contribution in [1.29, 1.82) is 0 Å². The third-order valence-corrected chi connectivity index (χ3v) is 5.59. The van der Waals surface area contributed by atoms with Gasteiger partial charge in [0.2, 0.25) is 11.7 Å². The van der Waals surface area contributed by atoms with E-state index in [4.69, 9.17) is 0 Å². The third-order valence-electron chi connectivity index (χ3n) is 4.84. The number of thioether (sulfide) groups is 1. The lowest BCUT2D eigenvalue weighted by Crippen LogP contribution is -2.37. The van der Waals surface area contributed by atoms with Crippen molar-refractivity contribution in [3.63, 3.8) is 0 Å². The molecule has 0 fully saturated rings. The molecule has 0 amide bonds. The zero-order valence-corrected chi connectivity index (χ0v) is 16.4. The molecule has 28 heavy (non-hydrogen) atoms. The number of rotatable bonds is 2. The van der Waals surface area contributed by atoms with Crippen molar-refractivity contribution in [3.05, 3.63) is 61.0 Å². The van der Waals surface area contributed by atoms with Gasteiger partial charge in [-0.05, 0) is 37.4 Å². The molecule has 4 rings (SSSR count). The monoisotopic (exact) mass is 399 g/mol. The summed E-state index contributed by atoms with van der Waals surface area (Å²) >= 11 is 1.57. The maximum atomic E-state index is 12.9. The second-order valence-corrected chi connectivity index (χ2v) is 7.29. The van der Waals surface area contributed by atoms with Crippen molar-refractivity contribution in [1.82, 2.24) is 23.1 Å². The van der Waals surface area contributed by atoms with E-state index in [-0.39, 0.29) is 28.4 Å². The Bertz CT molecular complexity index is 1440. The second-order valence-electron chi connectivity index (χ2n) is 6.41. The Balaban J connectivity index is 2.28. The van der Waals surface area contributed by atoms with Crippen LogP contribution in [0.15, 0.2) is 43.5 Å². The third kappa shape index (κ3) is 2.27. The molecule has 3 heterocycles. The number of nitrogens with zero attached hydrogens (tertiary/aromatic N) is 5. The van der Waals surface area contributed by atoms with Gasteiger partial charge in [0.1, 0.15) is 0 Å². The Morgan fingerprint density at radius 2 is 1.64 bits per heavy atom. The van der Waals surface area contributed by atoms with Gasteiger partial charge >= 0.3 is 5.69 Å². The van der Waals surface area contributed by atoms with Gasteiger partial charge in [-0.2, -0.15) is 4.98 Å². The predicted octanol–water partition coefficient (Wildman–Crippen LogP) is 0.772. The van der Waals surface area contributed by atoms with Crippen molar-refractivity contribution in [2.24, 2.45) is 14.1 Å². The van der Waals surface area contributed by atoms with Crippen LogP contribution in [0.25, 0.3) is 22.6 Å². The summed E-state index contributed by atoms with van der Waals surface area (Å²) in [5.41, 5.74) is -0.903. The molecule has 0 saturated carbocycles. The molecule has 3 aromatic heterocycles. The van der Waals surface area contributed by atoms with Gasteiger partial charge in [-0.1, -0.05) is 0 Å². The van der Waals surface area contributed by atoms with Crippen LogP contribution < -0.4 is 16.8 Å². The second kappa shape index (κ2) is 6.13. The van der Waals surface area contributed by atoms with Gasteiger partial charge in [0.15, 0.2) is 11.2 Å². The normalized spacial score (nSPS) is 11.6. The minimum absolute atomic E-state index is 0.0229. The molecule has 0 radical (unpaired) electrons. The van der Waals surface area contributed by atoms with Gasteiger partial charge in [-0.3, -0.25) is 18.7 Å². The molecule has 4 aromatic rings. The van der Waals surface area contributed by atoms with Crippen molar-refractivity contribution in [2.45, 2.75) is 11.8 Å². The average molecular weight is 399 g/mol. The first-order valence-corrected chi connectivity index (χ1v) is 9.57. The van der Waals surface area contributed by atoms with E-state index in [1.54, 1.807) is 23.9 Å². The summed E-state index contributed by atoms with van der Waals surface area (Å²) in [6.07, 6.45) is 1.95. The zero-order chi connectivity index (χ0) is 20.3. The standard InChI is InChI=1S/C18H17N5O4S/c1-9-14(24)22(10-5-7-11(28-4)8-6-10)17-19-13-12(23(17)15(9)25)16(26)21(3)18(27)20(13)2/h5-8,25H,1-4H3. The molecule has 9 nitrogen and oxygen atoms in total. The van der Waals surface area contributed by atoms with E-state index in [0.29, 0.717) is 5.69 Å². The largest absolute Gasteiger partial charge is 0.494 e. The summed E-state index contributed by atoms with van der Waals surface area (Å²) in [7, 11) is 2.83. The molecule has 0 aliphatic heterocycles. The molecule has 144 valence electrons. The lowest BCUT2D eigenvalue weighted by molar-refractivity contribution is 0.439. The lowest BCUT2D eigenvalue weighted by Gasteiger charge is -2.11. The predicted molar refractivity (Wildman–Crippen MR) is 107 cm³/mol. The fourth-order valence-corrected chi connectivity index (χ4v) is 3.63. The summed E-state index contributed by atoms with van der Waals surface area (Å²) < 4.78 is 4.69. The van der Waals surface area contributed by atoms with E-state index in [1.807, 2.05) is 18.4 Å². The Morgan fingerprint density at radius 3 is 2.25 bits per heavy atom. The van der Waals surface area contributed by atoms with Crippen molar-refractivity contribution >= 4 is 28.7 Å². The number of aryl methyl sites for hydroxylation is 1. The molecule has 0 aliphatic rings. The Labute approximate surface area is 162 Å². The highest BCUT2D eigenvalue weighted by Gasteiger charge is 2.23. The van der Waals surface area contributed by atoms with Gasteiger partial charge in [0, 0.05) is 19.0 Å². The Morgan fingerprint density at radius 1 is 1.00 bits per heavy atom. The Hall–Kier alpha value is -3.27. The van der Waals surface area contributed by atoms with Gasteiger partial charge < -0.3 is 5.11 Å². The zero-order valence-electron chi connectivity index (χ0n) is 15.6. The van der Waals surface area contributed by atoms with E-state index in [0.717, 1.165) is 9.46 Å². The highest BCUT2D eigenvalue weighted by atomic mass is 32.2. The van der Waals surface area contributed by atoms with Crippen LogP contribution in [0.5, 0.6) is 5.88 Å². The Kier molecular flexibility index (Phi) is 3.96. The van der Waals surface area contributed by atoms with Gasteiger partial charge in [-0.25, -0.2) is 13.8 Å². The SMILES string of the molecule is CSc1ccc(-n2c(=O)c(C)c(O)n3c4c(=O)n(C)c(=O)n(C)c4nc23)cc1. The van der Waals surface area contributed by atoms with E-state index in [2.05, 4.69) is 4.98 Å². The van der Waals surface area contributed by atoms with E-state index in [9.17, 15) is 19.5 Å². The van der Waals surface area contributed by atoms with Crippen LogP contribution in [-0.2, 0) is 14.1 Å². The molecule has 0 unspecified atom stereocenters. The van der Waals surface area contributed by atoms with Crippen molar-refractivity contribution in [3.8, 4) is 11.6 Å². The molecular formula is C18H17N5O4S. The number of hydrogen-bond donors (Lipinski definition) is 1. The molecule has 1 aromatic carbocycles. The van der Waals surface area contributed by atoms with Gasteiger partial charge in [0.25, 0.3) is 11.1 Å². The molecule has 10 heteroatoms. The highest BCUT2D eigenvalue weighted by Crippen LogP contribution is 2.23. The minimum atomic E-state index is -0.608. The van der Waals surface area contributed by atoms with Crippen LogP contribution >= 0.6 is 11.8 Å². The van der Waals surface area contributed by atoms with Crippen molar-refractivity contribution < 1.29 is 5.11 Å². The maximum Gasteiger partial charge on any atom is 0.332 e. The first-order valence-electron chi connectivity index (χ1n) is 8.35. The van der Waals surface area contributed by atoms with Crippen LogP contribution in [0, 0.1) is 6.92 Å². The van der Waals surface area contributed by atoms with Gasteiger partial charge in [0.05, 0.1) is 11.3 Å². The van der Waals surface area contributed by atoms with Crippen molar-refractivity contribution in [2.75, 3.05) is 6.26 Å². The summed E-state index contributed by atoms with van der Waals surface area (Å²) in [5.74, 6) is -0.325. The summed E-state index contributed by atoms with van der Waals surface area (Å²) in [4.78, 5) is 43.3. The van der Waals surface area contributed by atoms with Crippen LogP contribution in [0.3, 0.4) is 0 Å². The first-order chi connectivity index (χ1) is 13.3. The number of benzene rings is 1. The molecule has 0 saturated heterocycles. The van der Waals surface area contributed by atoms with Crippen LogP contribution in [0.2, 0.25) is 0 Å². The van der Waals surface area contributed by atoms with Crippen LogP contribution in [0.4, 0.5) is 0 Å². The molecule has 0 aliphatic carbocycles. The van der Waals surface area contributed by atoms with E-state index >= 15 is 0 Å². The molecular weight excluding hydrogens is 382 g/mol. The maximum absolute atomic E-state index is 12.9. The lowest BCUT2D eigenvalue weighted by atomic mass is 10.3. The quantitative estimate of drug-likeness (QED) is 0.500. The van der Waals surface area contributed by atoms with Gasteiger partial charge in [-0.15, -0.1) is 11.8 Å². The summed E-state index contributed by atoms with van der Waals surface area (Å²) in [6, 6.07) is 7.26. The molecule has 0 bridgehead atoms.